The molecule has 0 bridgehead atoms. The molecule has 0 saturated heterocycles. The van der Waals surface area contributed by atoms with E-state index in [-0.39, 0.29) is 19.1 Å². The Morgan fingerprint density at radius 2 is 1.81 bits per heavy atom. The Labute approximate surface area is 163 Å². The number of hydrogen-bond acceptors (Lipinski definition) is 7. The molecule has 0 amide bonds. The third-order valence-electron chi connectivity index (χ3n) is 3.58. The van der Waals surface area contributed by atoms with Crippen LogP contribution in [-0.2, 0) is 19.1 Å². The molecule has 0 aliphatic carbocycles. The van der Waals surface area contributed by atoms with E-state index in [1.54, 1.807) is 38.2 Å². The summed E-state index contributed by atoms with van der Waals surface area (Å²) in [5.41, 5.74) is -0.101. The van der Waals surface area contributed by atoms with Crippen molar-refractivity contribution in [2.45, 2.75) is 46.6 Å². The van der Waals surface area contributed by atoms with Gasteiger partial charge in [0.2, 0.25) is 0 Å². The van der Waals surface area contributed by atoms with Crippen LogP contribution in [0.15, 0.2) is 24.3 Å². The normalized spacial score (nSPS) is 12.7. The minimum atomic E-state index is -3.66. The number of carbonyl (C=O) groups is 1. The van der Waals surface area contributed by atoms with E-state index in [0.29, 0.717) is 17.7 Å². The lowest BCUT2D eigenvalue weighted by molar-refractivity contribution is -0.144. The lowest BCUT2D eigenvalue weighted by atomic mass is 9.88. The minimum Gasteiger partial charge on any atom is -0.426 e. The number of carbonyl (C=O) groups excluding carboxylic acids is 1. The summed E-state index contributed by atoms with van der Waals surface area (Å²) in [5.74, 6) is -0.0325. The van der Waals surface area contributed by atoms with Crippen molar-refractivity contribution in [2.75, 3.05) is 26.5 Å². The number of likely N-dealkylation sites (N-methyl/N-ethyl adjacent to an activating group) is 1. The van der Waals surface area contributed by atoms with Gasteiger partial charge in [0.25, 0.3) is 10.1 Å². The van der Waals surface area contributed by atoms with Crippen LogP contribution < -0.4 is 10.1 Å². The molecule has 8 heteroatoms. The number of para-hydroxylation sites is 1. The summed E-state index contributed by atoms with van der Waals surface area (Å²) in [4.78, 5) is 12.4. The first-order chi connectivity index (χ1) is 12.5. The van der Waals surface area contributed by atoms with Gasteiger partial charge in [0.05, 0.1) is 11.7 Å². The Kier molecular flexibility index (Phi) is 11.4. The molecule has 1 aromatic carbocycles. The standard InChI is InChI=1S/C17H27NO5S.C2H6O/c1-6-11-17(2,3)16(19)22-14-10-8-7-9-13(14)15(12-18-4)23-24(5,20)21;1-2-3/h7-10,15,18H,6,11-12H2,1-5H3;3H,2H2,1H3. The van der Waals surface area contributed by atoms with Crippen molar-refractivity contribution in [2.24, 2.45) is 5.41 Å². The van der Waals surface area contributed by atoms with Crippen LogP contribution in [0.1, 0.15) is 52.2 Å². The Morgan fingerprint density at radius 1 is 1.26 bits per heavy atom. The fraction of sp³-hybridized carbons (Fsp3) is 0.632. The van der Waals surface area contributed by atoms with Gasteiger partial charge >= 0.3 is 5.97 Å². The molecule has 0 fully saturated rings. The van der Waals surface area contributed by atoms with E-state index in [0.717, 1.165) is 12.7 Å². The lowest BCUT2D eigenvalue weighted by Crippen LogP contribution is -2.30. The Bertz CT molecular complexity index is 673. The van der Waals surface area contributed by atoms with Crippen LogP contribution in [0.5, 0.6) is 5.75 Å². The van der Waals surface area contributed by atoms with Gasteiger partial charge in [-0.25, -0.2) is 0 Å². The zero-order valence-electron chi connectivity index (χ0n) is 17.1. The number of nitrogens with one attached hydrogen (secondary N) is 1. The van der Waals surface area contributed by atoms with Gasteiger partial charge in [-0.2, -0.15) is 8.42 Å². The van der Waals surface area contributed by atoms with Crippen molar-refractivity contribution in [3.63, 3.8) is 0 Å². The number of hydrogen-bond donors (Lipinski definition) is 2. The summed E-state index contributed by atoms with van der Waals surface area (Å²) in [6.07, 6.45) is 1.79. The smallest absolute Gasteiger partial charge is 0.316 e. The average Bonchev–Trinajstić information content (AvgIpc) is 2.54. The van der Waals surface area contributed by atoms with Crippen LogP contribution in [0.2, 0.25) is 0 Å². The molecule has 1 unspecified atom stereocenters. The van der Waals surface area contributed by atoms with Crippen molar-refractivity contribution in [1.29, 1.82) is 0 Å². The molecular formula is C19H33NO6S. The van der Waals surface area contributed by atoms with E-state index in [9.17, 15) is 13.2 Å². The van der Waals surface area contributed by atoms with Crippen LogP contribution in [-0.4, -0.2) is 45.9 Å². The predicted octanol–water partition coefficient (Wildman–Crippen LogP) is 2.65. The second-order valence-electron chi connectivity index (χ2n) is 6.72. The van der Waals surface area contributed by atoms with E-state index in [1.165, 1.54) is 0 Å². The second-order valence-corrected chi connectivity index (χ2v) is 8.32. The molecule has 1 atom stereocenters. The summed E-state index contributed by atoms with van der Waals surface area (Å²) in [6, 6.07) is 6.82. The fourth-order valence-corrected chi connectivity index (χ4v) is 2.99. The topological polar surface area (TPSA) is 102 Å². The first-order valence-electron chi connectivity index (χ1n) is 8.97. The Balaban J connectivity index is 0.00000210. The third kappa shape index (κ3) is 9.86. The van der Waals surface area contributed by atoms with E-state index >= 15 is 0 Å². The maximum atomic E-state index is 12.4. The molecule has 0 radical (unpaired) electrons. The number of aliphatic hydroxyl groups is 1. The fourth-order valence-electron chi connectivity index (χ4n) is 2.40. The molecule has 7 nitrogen and oxygen atoms in total. The number of benzene rings is 1. The van der Waals surface area contributed by atoms with E-state index in [4.69, 9.17) is 14.0 Å². The summed E-state index contributed by atoms with van der Waals surface area (Å²) < 4.78 is 33.7. The molecule has 1 rings (SSSR count). The van der Waals surface area contributed by atoms with E-state index in [2.05, 4.69) is 5.32 Å². The van der Waals surface area contributed by atoms with Gasteiger partial charge in [0.1, 0.15) is 11.9 Å². The highest BCUT2D eigenvalue weighted by atomic mass is 32.2. The van der Waals surface area contributed by atoms with Crippen molar-refractivity contribution < 1.29 is 27.2 Å². The van der Waals surface area contributed by atoms with Gasteiger partial charge in [0.15, 0.2) is 0 Å². The van der Waals surface area contributed by atoms with E-state index in [1.807, 2.05) is 20.8 Å². The van der Waals surface area contributed by atoms with Crippen LogP contribution in [0, 0.1) is 5.41 Å². The van der Waals surface area contributed by atoms with Crippen molar-refractivity contribution >= 4 is 16.1 Å². The number of esters is 1. The molecule has 0 spiro atoms. The maximum Gasteiger partial charge on any atom is 0.316 e. The Hall–Kier alpha value is -1.48. The number of ether oxygens (including phenoxy) is 1. The zero-order chi connectivity index (χ0) is 21.1. The first-order valence-corrected chi connectivity index (χ1v) is 10.8. The molecule has 27 heavy (non-hydrogen) atoms. The van der Waals surface area contributed by atoms with Gasteiger partial charge in [-0.3, -0.25) is 8.98 Å². The average molecular weight is 404 g/mol. The molecular weight excluding hydrogens is 370 g/mol. The SMILES string of the molecule is CCCC(C)(C)C(=O)Oc1ccccc1C(CNC)OS(C)(=O)=O.CCO. The molecule has 156 valence electrons. The second kappa shape index (κ2) is 12.1. The van der Waals surface area contributed by atoms with Crippen molar-refractivity contribution in [3.05, 3.63) is 29.8 Å². The highest BCUT2D eigenvalue weighted by molar-refractivity contribution is 7.86. The molecule has 1 aromatic rings. The first kappa shape index (κ1) is 25.5. The quantitative estimate of drug-likeness (QED) is 0.371. The van der Waals surface area contributed by atoms with Crippen LogP contribution in [0.3, 0.4) is 0 Å². The Morgan fingerprint density at radius 3 is 2.30 bits per heavy atom. The minimum absolute atomic E-state index is 0.250. The maximum absolute atomic E-state index is 12.4. The van der Waals surface area contributed by atoms with E-state index < -0.39 is 21.6 Å². The largest absolute Gasteiger partial charge is 0.426 e. The number of aliphatic hydroxyl groups excluding tert-OH is 1. The monoisotopic (exact) mass is 403 g/mol. The molecule has 0 aromatic heterocycles. The number of rotatable bonds is 9. The predicted molar refractivity (Wildman–Crippen MR) is 106 cm³/mol. The molecule has 2 N–H and O–H groups in total. The third-order valence-corrected chi connectivity index (χ3v) is 4.16. The van der Waals surface area contributed by atoms with Crippen molar-refractivity contribution in [1.82, 2.24) is 5.32 Å². The zero-order valence-corrected chi connectivity index (χ0v) is 17.9. The molecule has 0 aliphatic heterocycles. The van der Waals surface area contributed by atoms with Gasteiger partial charge in [-0.1, -0.05) is 31.5 Å². The highest BCUT2D eigenvalue weighted by Crippen LogP contribution is 2.31. The molecule has 0 aliphatic rings. The highest BCUT2D eigenvalue weighted by Gasteiger charge is 2.30. The van der Waals surface area contributed by atoms with Gasteiger partial charge in [-0.05, 0) is 40.3 Å². The summed E-state index contributed by atoms with van der Waals surface area (Å²) >= 11 is 0. The van der Waals surface area contributed by atoms with Gasteiger partial charge in [0, 0.05) is 18.7 Å². The summed E-state index contributed by atoms with van der Waals surface area (Å²) in [5, 5.41) is 10.5. The molecule has 0 saturated carbocycles. The van der Waals surface area contributed by atoms with Crippen molar-refractivity contribution in [3.8, 4) is 5.75 Å². The van der Waals surface area contributed by atoms with Crippen LogP contribution in [0.25, 0.3) is 0 Å². The molecule has 0 heterocycles. The van der Waals surface area contributed by atoms with Crippen LogP contribution >= 0.6 is 0 Å². The summed E-state index contributed by atoms with van der Waals surface area (Å²) in [6.45, 7) is 7.87. The summed E-state index contributed by atoms with van der Waals surface area (Å²) in [7, 11) is -1.96. The van der Waals surface area contributed by atoms with Crippen LogP contribution in [0.4, 0.5) is 0 Å². The lowest BCUT2D eigenvalue weighted by Gasteiger charge is -2.24. The van der Waals surface area contributed by atoms with Gasteiger partial charge < -0.3 is 15.2 Å². The van der Waals surface area contributed by atoms with Gasteiger partial charge in [-0.15, -0.1) is 0 Å².